The first-order chi connectivity index (χ1) is 14.0. The third-order valence-corrected chi connectivity index (χ3v) is 3.42. The minimum absolute atomic E-state index is 0. The number of nitrogen functional groups attached to an aromatic ring is 1. The van der Waals surface area contributed by atoms with Crippen LogP contribution in [0, 0.1) is 25.2 Å². The molecule has 3 rings (SSSR count). The Bertz CT molecular complexity index is 1060. The van der Waals surface area contributed by atoms with Crippen LogP contribution in [-0.2, 0) is 6.18 Å². The minimum atomic E-state index is -4.95. The van der Waals surface area contributed by atoms with Gasteiger partial charge in [-0.05, 0) is 26.0 Å². The van der Waals surface area contributed by atoms with Crippen LogP contribution in [0.2, 0.25) is 0 Å². The van der Waals surface area contributed by atoms with Crippen molar-refractivity contribution in [3.05, 3.63) is 53.4 Å². The van der Waals surface area contributed by atoms with E-state index in [9.17, 15) is 17.6 Å². The Morgan fingerprint density at radius 3 is 2.03 bits per heavy atom. The number of halogens is 5. The van der Waals surface area contributed by atoms with E-state index >= 15 is 0 Å². The van der Waals surface area contributed by atoms with Gasteiger partial charge < -0.3 is 10.5 Å². The summed E-state index contributed by atoms with van der Waals surface area (Å²) in [7, 11) is 0.964. The smallest absolute Gasteiger partial charge is 0.426 e. The molecule has 0 atom stereocenters. The molecule has 166 valence electrons. The Hall–Kier alpha value is -3.48. The predicted molar refractivity (Wildman–Crippen MR) is 104 cm³/mol. The van der Waals surface area contributed by atoms with E-state index in [0.717, 1.165) is 12.8 Å². The largest absolute Gasteiger partial charge is 0.480 e. The molecule has 0 bridgehead atoms. The summed E-state index contributed by atoms with van der Waals surface area (Å²) >= 11 is 0. The van der Waals surface area contributed by atoms with E-state index in [4.69, 9.17) is 11.1 Å². The lowest BCUT2D eigenvalue weighted by Crippen LogP contribution is -2.14. The molecule has 3 heterocycles. The Balaban J connectivity index is 0.000000370. The van der Waals surface area contributed by atoms with E-state index < -0.39 is 23.6 Å². The van der Waals surface area contributed by atoms with Gasteiger partial charge in [0.05, 0.1) is 7.11 Å². The molecule has 0 aliphatic carbocycles. The van der Waals surface area contributed by atoms with Crippen molar-refractivity contribution in [1.82, 2.24) is 29.9 Å². The number of aryl methyl sites for hydroxylation is 2. The quantitative estimate of drug-likeness (QED) is 0.263. The summed E-state index contributed by atoms with van der Waals surface area (Å²) < 4.78 is 56.1. The SMILES string of the molecule is COc1nc(-c2cc(C)ncn2)nc(F)c1C(F)(F)F.Cc1cc(C(=N)N)ncn1.Cl. The van der Waals surface area contributed by atoms with Crippen LogP contribution < -0.4 is 10.5 Å². The average Bonchev–Trinajstić information content (AvgIpc) is 2.66. The first-order valence-corrected chi connectivity index (χ1v) is 8.13. The molecule has 14 heteroatoms. The van der Waals surface area contributed by atoms with Gasteiger partial charge in [-0.3, -0.25) is 5.41 Å². The molecule has 0 amide bonds. The first kappa shape index (κ1) is 25.6. The monoisotopic (exact) mass is 460 g/mol. The maximum Gasteiger partial charge on any atom is 0.426 e. The predicted octanol–water partition coefficient (Wildman–Crippen LogP) is 2.90. The molecule has 0 fully saturated rings. The zero-order valence-electron chi connectivity index (χ0n) is 16.4. The minimum Gasteiger partial charge on any atom is -0.480 e. The van der Waals surface area contributed by atoms with Gasteiger partial charge >= 0.3 is 6.18 Å². The van der Waals surface area contributed by atoms with E-state index in [1.165, 1.54) is 18.7 Å². The lowest BCUT2D eigenvalue weighted by molar-refractivity contribution is -0.142. The standard InChI is InChI=1S/C11H8F4N4O.C6H8N4.ClH/c1-5-3-6(17-4-16-5)9-18-8(12)7(11(13,14)15)10(19-9)20-2;1-4-2-5(6(7)8)10-3-9-4;/h3-4H,1-2H3;2-3H,1H3,(H3,7,8);1H. The van der Waals surface area contributed by atoms with Gasteiger partial charge in [-0.1, -0.05) is 0 Å². The van der Waals surface area contributed by atoms with Crippen molar-refractivity contribution >= 4 is 18.2 Å². The molecule has 0 saturated heterocycles. The normalized spacial score (nSPS) is 10.4. The lowest BCUT2D eigenvalue weighted by Gasteiger charge is -2.12. The second-order valence-corrected chi connectivity index (χ2v) is 5.72. The fourth-order valence-electron chi connectivity index (χ4n) is 2.09. The van der Waals surface area contributed by atoms with Crippen LogP contribution in [0.25, 0.3) is 11.5 Å². The van der Waals surface area contributed by atoms with Gasteiger partial charge in [0, 0.05) is 11.4 Å². The van der Waals surface area contributed by atoms with E-state index in [1.807, 2.05) is 6.92 Å². The topological polar surface area (TPSA) is 136 Å². The van der Waals surface area contributed by atoms with Crippen LogP contribution in [0.5, 0.6) is 5.88 Å². The molecular weight excluding hydrogens is 444 g/mol. The number of hydrogen-bond donors (Lipinski definition) is 2. The molecule has 9 nitrogen and oxygen atoms in total. The van der Waals surface area contributed by atoms with Crippen LogP contribution in [0.1, 0.15) is 22.6 Å². The van der Waals surface area contributed by atoms with Gasteiger partial charge in [0.15, 0.2) is 11.4 Å². The van der Waals surface area contributed by atoms with Crippen molar-refractivity contribution in [2.45, 2.75) is 20.0 Å². The zero-order chi connectivity index (χ0) is 22.5. The van der Waals surface area contributed by atoms with Crippen LogP contribution >= 0.6 is 12.4 Å². The summed E-state index contributed by atoms with van der Waals surface area (Å²) in [5, 5.41) is 7.02. The highest BCUT2D eigenvalue weighted by molar-refractivity contribution is 5.92. The third kappa shape index (κ3) is 6.77. The molecule has 0 aromatic carbocycles. The molecule has 3 aromatic rings. The van der Waals surface area contributed by atoms with Gasteiger partial charge in [0.1, 0.15) is 29.9 Å². The van der Waals surface area contributed by atoms with Gasteiger partial charge in [-0.15, -0.1) is 12.4 Å². The number of aromatic nitrogens is 6. The number of nitrogens with zero attached hydrogens (tertiary/aromatic N) is 6. The number of methoxy groups -OCH3 is 1. The summed E-state index contributed by atoms with van der Waals surface area (Å²) in [6.45, 7) is 3.47. The first-order valence-electron chi connectivity index (χ1n) is 8.13. The van der Waals surface area contributed by atoms with Crippen molar-refractivity contribution in [1.29, 1.82) is 5.41 Å². The summed E-state index contributed by atoms with van der Waals surface area (Å²) in [5.74, 6) is -2.93. The second-order valence-electron chi connectivity index (χ2n) is 5.72. The maximum absolute atomic E-state index is 13.6. The number of nitrogens with one attached hydrogen (secondary N) is 1. The van der Waals surface area contributed by atoms with E-state index in [1.54, 1.807) is 13.0 Å². The zero-order valence-corrected chi connectivity index (χ0v) is 17.2. The highest BCUT2D eigenvalue weighted by Gasteiger charge is 2.40. The fourth-order valence-corrected chi connectivity index (χ4v) is 2.09. The summed E-state index contributed by atoms with van der Waals surface area (Å²) in [5.41, 5.74) is 5.47. The second kappa shape index (κ2) is 10.5. The molecule has 0 spiro atoms. The molecular formula is C17H17ClF4N8O. The highest BCUT2D eigenvalue weighted by Crippen LogP contribution is 2.37. The van der Waals surface area contributed by atoms with E-state index in [2.05, 4.69) is 34.6 Å². The van der Waals surface area contributed by atoms with Gasteiger partial charge in [-0.25, -0.2) is 19.9 Å². The molecule has 0 radical (unpaired) electrons. The molecule has 3 aromatic heterocycles. The van der Waals surface area contributed by atoms with Crippen LogP contribution in [0.3, 0.4) is 0 Å². The molecule has 31 heavy (non-hydrogen) atoms. The Morgan fingerprint density at radius 2 is 1.58 bits per heavy atom. The lowest BCUT2D eigenvalue weighted by atomic mass is 10.2. The maximum atomic E-state index is 13.6. The molecule has 0 aliphatic rings. The Morgan fingerprint density at radius 1 is 1.00 bits per heavy atom. The average molecular weight is 461 g/mol. The molecule has 0 aliphatic heterocycles. The van der Waals surface area contributed by atoms with Crippen LogP contribution in [0.15, 0.2) is 24.8 Å². The highest BCUT2D eigenvalue weighted by atomic mass is 35.5. The van der Waals surface area contributed by atoms with E-state index in [0.29, 0.717) is 11.4 Å². The number of hydrogen-bond acceptors (Lipinski definition) is 8. The molecule has 3 N–H and O–H groups in total. The van der Waals surface area contributed by atoms with Crippen LogP contribution in [0.4, 0.5) is 17.6 Å². The Labute approximate surface area is 180 Å². The fraction of sp³-hybridized carbons (Fsp3) is 0.235. The van der Waals surface area contributed by atoms with Crippen molar-refractivity contribution in [3.63, 3.8) is 0 Å². The summed E-state index contributed by atoms with van der Waals surface area (Å²) in [6.07, 6.45) is -2.38. The van der Waals surface area contributed by atoms with E-state index in [-0.39, 0.29) is 29.8 Å². The van der Waals surface area contributed by atoms with Crippen molar-refractivity contribution < 1.29 is 22.3 Å². The third-order valence-electron chi connectivity index (χ3n) is 3.42. The van der Waals surface area contributed by atoms with Crippen molar-refractivity contribution in [2.24, 2.45) is 5.73 Å². The molecule has 0 saturated carbocycles. The Kier molecular flexibility index (Phi) is 8.67. The number of nitrogens with two attached hydrogens (primary N) is 1. The summed E-state index contributed by atoms with van der Waals surface area (Å²) in [6, 6.07) is 3.09. The molecule has 0 unspecified atom stereocenters. The van der Waals surface area contributed by atoms with Crippen molar-refractivity contribution in [2.75, 3.05) is 7.11 Å². The van der Waals surface area contributed by atoms with Gasteiger partial charge in [0.2, 0.25) is 11.8 Å². The number of amidine groups is 1. The van der Waals surface area contributed by atoms with Crippen molar-refractivity contribution in [3.8, 4) is 17.4 Å². The van der Waals surface area contributed by atoms with Crippen LogP contribution in [-0.4, -0.2) is 42.8 Å². The number of ether oxygens (including phenoxy) is 1. The summed E-state index contributed by atoms with van der Waals surface area (Å²) in [4.78, 5) is 22.0. The van der Waals surface area contributed by atoms with Gasteiger partial charge in [0.25, 0.3) is 0 Å². The van der Waals surface area contributed by atoms with Gasteiger partial charge in [-0.2, -0.15) is 27.5 Å². The number of alkyl halides is 3. The number of rotatable bonds is 3.